The van der Waals surface area contributed by atoms with Gasteiger partial charge >= 0.3 is 5.97 Å². The van der Waals surface area contributed by atoms with Crippen molar-refractivity contribution in [3.8, 4) is 0 Å². The maximum Gasteiger partial charge on any atom is 0.352 e. The predicted molar refractivity (Wildman–Crippen MR) is 138 cm³/mol. The largest absolute Gasteiger partial charge is 0.477 e. The fraction of sp³-hybridized carbons (Fsp3) is 0.368. The van der Waals surface area contributed by atoms with Gasteiger partial charge in [0.15, 0.2) is 16.0 Å². The Balaban J connectivity index is 1.49. The molecule has 0 aliphatic carbocycles. The van der Waals surface area contributed by atoms with Crippen LogP contribution < -0.4 is 22.5 Å². The van der Waals surface area contributed by atoms with E-state index >= 15 is 0 Å². The number of carboxylic acid groups (broad SMARTS) is 1. The number of fused-ring (bicyclic) bond motifs is 1. The lowest BCUT2D eigenvalue weighted by Gasteiger charge is -2.49. The lowest BCUT2D eigenvalue weighted by molar-refractivity contribution is -0.150. The van der Waals surface area contributed by atoms with Crippen LogP contribution in [-0.4, -0.2) is 91.8 Å². The number of nitrogens with one attached hydrogen (secondary N) is 1. The molecule has 0 saturated carbocycles. The van der Waals surface area contributed by atoms with Gasteiger partial charge in [0.2, 0.25) is 0 Å². The zero-order chi connectivity index (χ0) is 26.1. The zero-order valence-corrected chi connectivity index (χ0v) is 21.5. The minimum atomic E-state index is -1.23. The number of carboxylic acids is 1. The number of aliphatic imine (C=N–C) groups is 1. The normalized spacial score (nSPS) is 24.0. The van der Waals surface area contributed by atoms with E-state index in [1.165, 1.54) is 40.9 Å². The summed E-state index contributed by atoms with van der Waals surface area (Å²) >= 11 is 3.74. The van der Waals surface area contributed by atoms with E-state index in [9.17, 15) is 19.5 Å². The van der Waals surface area contributed by atoms with Gasteiger partial charge in [0.25, 0.3) is 11.8 Å². The number of carbonyl (C=O) groups is 3. The monoisotopic (exact) mass is 553 g/mol. The number of nitrogens with zero attached hydrogens (tertiary/aromatic N) is 5. The Morgan fingerprint density at radius 1 is 1.42 bits per heavy atom. The number of amidine groups is 1. The average Bonchev–Trinajstić information content (AvgIpc) is 3.26. The number of thiazole rings is 1. The molecule has 17 heteroatoms. The summed E-state index contributed by atoms with van der Waals surface area (Å²) in [4.78, 5) is 53.9. The van der Waals surface area contributed by atoms with Gasteiger partial charge < -0.3 is 37.4 Å². The Morgan fingerprint density at radius 2 is 2.17 bits per heavy atom. The van der Waals surface area contributed by atoms with Gasteiger partial charge in [0.1, 0.15) is 41.9 Å². The predicted octanol–water partition coefficient (Wildman–Crippen LogP) is -1.07. The number of aliphatic carboxylic acids is 1. The third-order valence-corrected chi connectivity index (χ3v) is 8.53. The first-order valence-corrected chi connectivity index (χ1v) is 13.2. The molecular weight excluding hydrogens is 530 g/mol. The summed E-state index contributed by atoms with van der Waals surface area (Å²) in [5.41, 5.74) is 17.9. The molecule has 3 aliphatic heterocycles. The molecule has 3 atom stereocenters. The van der Waals surface area contributed by atoms with Gasteiger partial charge in [-0.2, -0.15) is 0 Å². The van der Waals surface area contributed by atoms with Crippen molar-refractivity contribution in [2.24, 2.45) is 21.6 Å². The van der Waals surface area contributed by atoms with Crippen molar-refractivity contribution in [1.82, 2.24) is 20.1 Å². The Kier molecular flexibility index (Phi) is 7.43. The fourth-order valence-corrected chi connectivity index (χ4v) is 6.68. The van der Waals surface area contributed by atoms with E-state index < -0.39 is 35.4 Å². The maximum absolute atomic E-state index is 13.0. The van der Waals surface area contributed by atoms with Crippen LogP contribution in [0.15, 0.2) is 38.7 Å². The fourth-order valence-electron chi connectivity index (χ4n) is 3.62. The molecule has 0 bridgehead atoms. The molecule has 3 aliphatic rings. The summed E-state index contributed by atoms with van der Waals surface area (Å²) < 4.78 is 0. The number of anilines is 1. The number of nitrogens with two attached hydrogens (primary N) is 3. The van der Waals surface area contributed by atoms with Gasteiger partial charge in [-0.3, -0.25) is 14.5 Å². The van der Waals surface area contributed by atoms with Crippen molar-refractivity contribution in [3.05, 3.63) is 34.2 Å². The van der Waals surface area contributed by atoms with E-state index in [-0.39, 0.29) is 33.8 Å². The van der Waals surface area contributed by atoms with Crippen LogP contribution in [0.1, 0.15) is 5.69 Å². The number of β-lactam (4-membered cyclic amide) rings is 1. The number of nitrogen functional groups attached to an aromatic ring is 1. The third kappa shape index (κ3) is 4.86. The highest BCUT2D eigenvalue weighted by atomic mass is 32.2. The third-order valence-electron chi connectivity index (χ3n) is 5.39. The number of rotatable bonds is 7. The first-order chi connectivity index (χ1) is 17.1. The molecule has 192 valence electrons. The summed E-state index contributed by atoms with van der Waals surface area (Å²) in [6, 6.07) is -0.944. The highest BCUT2D eigenvalue weighted by Gasteiger charge is 2.54. The van der Waals surface area contributed by atoms with E-state index in [2.05, 4.69) is 20.4 Å². The molecule has 0 aromatic carbocycles. The molecule has 1 saturated heterocycles. The van der Waals surface area contributed by atoms with Gasteiger partial charge in [0, 0.05) is 23.9 Å². The Hall–Kier alpha value is -3.28. The van der Waals surface area contributed by atoms with E-state index in [4.69, 9.17) is 22.0 Å². The van der Waals surface area contributed by atoms with Gasteiger partial charge in [-0.1, -0.05) is 16.9 Å². The lowest BCUT2D eigenvalue weighted by Crippen LogP contribution is -2.71. The van der Waals surface area contributed by atoms with Crippen molar-refractivity contribution in [1.29, 1.82) is 0 Å². The molecular formula is C19H23N9O5S3. The van der Waals surface area contributed by atoms with E-state index in [0.717, 1.165) is 11.3 Å². The number of oxime groups is 1. The summed E-state index contributed by atoms with van der Waals surface area (Å²) in [7, 11) is 3.03. The highest BCUT2D eigenvalue weighted by molar-refractivity contribution is 8.14. The Bertz CT molecular complexity index is 1230. The van der Waals surface area contributed by atoms with E-state index in [1.54, 1.807) is 18.0 Å². The van der Waals surface area contributed by atoms with Crippen molar-refractivity contribution in [3.63, 3.8) is 0 Å². The standard InChI is InChI=1S/C19H23N9O5S3/c1-27-10(21)3-9(20)24-19(27)36-5-7-4-34-16-12(15(30)28(16)13(7)17(31)32)25-14(29)11(26-33-2)8-6-35-18(22)23-8/h3,6,10,12,16H,4-5,20-21H2,1-2H3,(H2,22,23)(H,25,29)(H,31,32)/b26-11-/t10?,12?,16-/m0/s1. The van der Waals surface area contributed by atoms with Crippen LogP contribution in [0.25, 0.3) is 0 Å². The smallest absolute Gasteiger partial charge is 0.352 e. The van der Waals surface area contributed by atoms with E-state index in [0.29, 0.717) is 16.5 Å². The zero-order valence-electron chi connectivity index (χ0n) is 19.1. The second kappa shape index (κ2) is 10.4. The van der Waals surface area contributed by atoms with Crippen molar-refractivity contribution >= 4 is 68.7 Å². The quantitative estimate of drug-likeness (QED) is 0.155. The summed E-state index contributed by atoms with van der Waals surface area (Å²) in [5, 5.41) is 17.9. The molecule has 1 aromatic heterocycles. The van der Waals surface area contributed by atoms with Gasteiger partial charge in [-0.05, 0) is 11.6 Å². The van der Waals surface area contributed by atoms with Crippen LogP contribution in [0.4, 0.5) is 5.13 Å². The molecule has 4 heterocycles. The summed E-state index contributed by atoms with van der Waals surface area (Å²) in [5.74, 6) is -1.59. The summed E-state index contributed by atoms with van der Waals surface area (Å²) in [6.07, 6.45) is 1.16. The number of aromatic nitrogens is 1. The molecule has 4 rings (SSSR count). The molecule has 0 spiro atoms. The number of thioether (sulfide) groups is 2. The van der Waals surface area contributed by atoms with Gasteiger partial charge in [-0.15, -0.1) is 23.1 Å². The second-order valence-corrected chi connectivity index (χ2v) is 10.6. The van der Waals surface area contributed by atoms with Crippen LogP contribution in [0.2, 0.25) is 0 Å². The summed E-state index contributed by atoms with van der Waals surface area (Å²) in [6.45, 7) is 0. The van der Waals surface area contributed by atoms with Gasteiger partial charge in [-0.25, -0.2) is 14.8 Å². The number of hydrogen-bond donors (Lipinski definition) is 5. The molecule has 2 unspecified atom stereocenters. The van der Waals surface area contributed by atoms with Crippen molar-refractivity contribution in [2.45, 2.75) is 17.6 Å². The number of hydrogen-bond acceptors (Lipinski definition) is 14. The van der Waals surface area contributed by atoms with Crippen molar-refractivity contribution < 1.29 is 24.3 Å². The molecule has 1 fully saturated rings. The first kappa shape index (κ1) is 25.8. The number of likely N-dealkylation sites (N-methyl/N-ethyl adjacent to an activating group) is 1. The Labute approximate surface area is 217 Å². The molecule has 2 amide bonds. The average molecular weight is 554 g/mol. The number of amides is 2. The molecule has 14 nitrogen and oxygen atoms in total. The Morgan fingerprint density at radius 3 is 2.81 bits per heavy atom. The van der Waals surface area contributed by atoms with Crippen LogP contribution >= 0.6 is 34.9 Å². The first-order valence-electron chi connectivity index (χ1n) is 10.3. The molecule has 8 N–H and O–H groups in total. The van der Waals surface area contributed by atoms with Crippen molar-refractivity contribution in [2.75, 3.05) is 31.4 Å². The van der Waals surface area contributed by atoms with Gasteiger partial charge in [0.05, 0.1) is 0 Å². The minimum absolute atomic E-state index is 0.105. The lowest BCUT2D eigenvalue weighted by atomic mass is 10.0. The van der Waals surface area contributed by atoms with Crippen LogP contribution in [0.3, 0.4) is 0 Å². The number of carbonyl (C=O) groups excluding carboxylic acids is 2. The SMILES string of the molecule is CO/N=C(\C(=O)NC1C(=O)N2C(C(=O)O)=C(CSC3=NC(N)=CC(N)N3C)CS[C@@H]12)c1csc(N)n1. The minimum Gasteiger partial charge on any atom is -0.477 e. The second-order valence-electron chi connectivity index (χ2n) is 7.69. The maximum atomic E-state index is 13.0. The van der Waals surface area contributed by atoms with Crippen LogP contribution in [0.5, 0.6) is 0 Å². The highest BCUT2D eigenvalue weighted by Crippen LogP contribution is 2.41. The molecule has 0 radical (unpaired) electrons. The molecule has 1 aromatic rings. The molecule has 36 heavy (non-hydrogen) atoms. The topological polar surface area (TPSA) is 215 Å². The van der Waals surface area contributed by atoms with Crippen LogP contribution in [0, 0.1) is 0 Å². The van der Waals surface area contributed by atoms with E-state index in [1.807, 2.05) is 0 Å². The van der Waals surface area contributed by atoms with Crippen LogP contribution in [-0.2, 0) is 19.2 Å².